The largest absolute Gasteiger partial charge is 0.447 e. The molecule has 0 saturated carbocycles. The molecule has 0 aromatic carbocycles. The van der Waals surface area contributed by atoms with Crippen LogP contribution in [0.5, 0.6) is 0 Å². The van der Waals surface area contributed by atoms with Crippen LogP contribution in [0.1, 0.15) is 0 Å². The number of nitrogens with zero attached hydrogens (tertiary/aromatic N) is 1. The SMILES string of the molecule is CN(C)C(=O)NCCNC(=O)OCCO. The molecular formula is C8H17N3O4. The highest BCUT2D eigenvalue weighted by atomic mass is 16.6. The number of aliphatic hydroxyl groups is 1. The van der Waals surface area contributed by atoms with Gasteiger partial charge in [0.1, 0.15) is 6.61 Å². The fourth-order valence-corrected chi connectivity index (χ4v) is 0.681. The van der Waals surface area contributed by atoms with Gasteiger partial charge in [0.15, 0.2) is 0 Å². The van der Waals surface area contributed by atoms with Crippen molar-refractivity contribution in [2.75, 3.05) is 40.4 Å². The van der Waals surface area contributed by atoms with Gasteiger partial charge in [0.25, 0.3) is 0 Å². The third-order valence-electron chi connectivity index (χ3n) is 1.40. The molecule has 0 bridgehead atoms. The molecule has 0 unspecified atom stereocenters. The fourth-order valence-electron chi connectivity index (χ4n) is 0.681. The second kappa shape index (κ2) is 7.86. The minimum absolute atomic E-state index is 0.0319. The minimum atomic E-state index is -0.608. The average Bonchev–Trinajstić information content (AvgIpc) is 2.20. The maximum absolute atomic E-state index is 11.0. The van der Waals surface area contributed by atoms with E-state index in [4.69, 9.17) is 5.11 Å². The van der Waals surface area contributed by atoms with E-state index in [0.717, 1.165) is 0 Å². The van der Waals surface area contributed by atoms with Crippen LogP contribution in [0.3, 0.4) is 0 Å². The van der Waals surface area contributed by atoms with E-state index in [1.54, 1.807) is 14.1 Å². The predicted molar refractivity (Wildman–Crippen MR) is 53.5 cm³/mol. The first-order valence-electron chi connectivity index (χ1n) is 4.54. The number of hydrogen-bond acceptors (Lipinski definition) is 4. The van der Waals surface area contributed by atoms with E-state index in [1.165, 1.54) is 4.90 Å². The first kappa shape index (κ1) is 13.5. The number of ether oxygens (including phenoxy) is 1. The fraction of sp³-hybridized carbons (Fsp3) is 0.750. The van der Waals surface area contributed by atoms with Crippen LogP contribution in [0, 0.1) is 0 Å². The molecule has 3 N–H and O–H groups in total. The van der Waals surface area contributed by atoms with Crippen molar-refractivity contribution in [3.05, 3.63) is 0 Å². The van der Waals surface area contributed by atoms with E-state index >= 15 is 0 Å². The summed E-state index contributed by atoms with van der Waals surface area (Å²) in [5.74, 6) is 0. The molecular weight excluding hydrogens is 202 g/mol. The van der Waals surface area contributed by atoms with E-state index in [9.17, 15) is 9.59 Å². The van der Waals surface area contributed by atoms with E-state index in [0.29, 0.717) is 6.54 Å². The van der Waals surface area contributed by atoms with Crippen molar-refractivity contribution in [2.45, 2.75) is 0 Å². The van der Waals surface area contributed by atoms with Gasteiger partial charge in [-0.3, -0.25) is 0 Å². The average molecular weight is 219 g/mol. The molecule has 0 heterocycles. The van der Waals surface area contributed by atoms with Crippen molar-refractivity contribution in [3.8, 4) is 0 Å². The molecule has 15 heavy (non-hydrogen) atoms. The number of amides is 3. The van der Waals surface area contributed by atoms with E-state index in [2.05, 4.69) is 15.4 Å². The molecule has 7 heteroatoms. The molecule has 0 saturated heterocycles. The summed E-state index contributed by atoms with van der Waals surface area (Å²) in [6.45, 7) is 0.371. The quantitative estimate of drug-likeness (QED) is 0.516. The summed E-state index contributed by atoms with van der Waals surface area (Å²) in [4.78, 5) is 23.2. The second-order valence-corrected chi connectivity index (χ2v) is 2.91. The molecule has 7 nitrogen and oxygen atoms in total. The van der Waals surface area contributed by atoms with Crippen molar-refractivity contribution in [1.82, 2.24) is 15.5 Å². The van der Waals surface area contributed by atoms with Crippen LogP contribution < -0.4 is 10.6 Å². The maximum atomic E-state index is 11.0. The summed E-state index contributed by atoms with van der Waals surface area (Å²) in [6, 6.07) is -0.222. The zero-order valence-electron chi connectivity index (χ0n) is 8.95. The van der Waals surface area contributed by atoms with Gasteiger partial charge in [0.2, 0.25) is 0 Å². The first-order chi connectivity index (χ1) is 7.07. The summed E-state index contributed by atoms with van der Waals surface area (Å²) in [5, 5.41) is 13.3. The Morgan fingerprint density at radius 1 is 1.27 bits per heavy atom. The number of carbonyl (C=O) groups is 2. The third kappa shape index (κ3) is 7.56. The predicted octanol–water partition coefficient (Wildman–Crippen LogP) is -1.02. The summed E-state index contributed by atoms with van der Waals surface area (Å²) >= 11 is 0. The van der Waals surface area contributed by atoms with Crippen molar-refractivity contribution in [3.63, 3.8) is 0 Å². The standard InChI is InChI=1S/C8H17N3O4/c1-11(2)7(13)9-3-4-10-8(14)15-6-5-12/h12H,3-6H2,1-2H3,(H,9,13)(H,10,14). The first-order valence-corrected chi connectivity index (χ1v) is 4.54. The van der Waals surface area contributed by atoms with Crippen molar-refractivity contribution in [2.24, 2.45) is 0 Å². The number of carbonyl (C=O) groups excluding carboxylic acids is 2. The van der Waals surface area contributed by atoms with Crippen LogP contribution in [0.2, 0.25) is 0 Å². The molecule has 3 amide bonds. The lowest BCUT2D eigenvalue weighted by Gasteiger charge is -2.12. The van der Waals surface area contributed by atoms with Crippen LogP contribution in [0.25, 0.3) is 0 Å². The van der Waals surface area contributed by atoms with E-state index in [-0.39, 0.29) is 25.8 Å². The van der Waals surface area contributed by atoms with Crippen LogP contribution in [0.4, 0.5) is 9.59 Å². The Balaban J connectivity index is 3.38. The van der Waals surface area contributed by atoms with E-state index < -0.39 is 6.09 Å². The zero-order chi connectivity index (χ0) is 11.7. The number of alkyl carbamates (subject to hydrolysis) is 1. The second-order valence-electron chi connectivity index (χ2n) is 2.91. The maximum Gasteiger partial charge on any atom is 0.407 e. The molecule has 0 aliphatic rings. The summed E-state index contributed by atoms with van der Waals surface area (Å²) in [6.07, 6.45) is -0.608. The van der Waals surface area contributed by atoms with Crippen LogP contribution in [-0.4, -0.2) is 62.5 Å². The monoisotopic (exact) mass is 219 g/mol. The smallest absolute Gasteiger partial charge is 0.407 e. The molecule has 0 aliphatic heterocycles. The van der Waals surface area contributed by atoms with Gasteiger partial charge in [0, 0.05) is 27.2 Å². The normalized spacial score (nSPS) is 9.27. The molecule has 0 atom stereocenters. The summed E-state index contributed by atoms with van der Waals surface area (Å²) < 4.78 is 4.52. The molecule has 0 fully saturated rings. The van der Waals surface area contributed by atoms with Crippen LogP contribution >= 0.6 is 0 Å². The Kier molecular flexibility index (Phi) is 7.08. The lowest BCUT2D eigenvalue weighted by molar-refractivity contribution is 0.119. The van der Waals surface area contributed by atoms with Gasteiger partial charge in [-0.1, -0.05) is 0 Å². The van der Waals surface area contributed by atoms with Gasteiger partial charge in [-0.25, -0.2) is 9.59 Å². The van der Waals surface area contributed by atoms with Crippen LogP contribution in [-0.2, 0) is 4.74 Å². The lowest BCUT2D eigenvalue weighted by atomic mass is 10.6. The minimum Gasteiger partial charge on any atom is -0.447 e. The Hall–Kier alpha value is -1.50. The molecule has 0 aliphatic carbocycles. The molecule has 0 radical (unpaired) electrons. The lowest BCUT2D eigenvalue weighted by Crippen LogP contribution is -2.39. The highest BCUT2D eigenvalue weighted by molar-refractivity contribution is 5.73. The van der Waals surface area contributed by atoms with Crippen LogP contribution in [0.15, 0.2) is 0 Å². The van der Waals surface area contributed by atoms with Gasteiger partial charge in [-0.2, -0.15) is 0 Å². The van der Waals surface area contributed by atoms with Gasteiger partial charge in [-0.05, 0) is 0 Å². The molecule has 0 aromatic heterocycles. The van der Waals surface area contributed by atoms with Crippen molar-refractivity contribution < 1.29 is 19.4 Å². The Labute approximate surface area is 88.4 Å². The van der Waals surface area contributed by atoms with Crippen molar-refractivity contribution >= 4 is 12.1 Å². The number of nitrogens with one attached hydrogen (secondary N) is 2. The molecule has 0 rings (SSSR count). The van der Waals surface area contributed by atoms with E-state index in [1.807, 2.05) is 0 Å². The highest BCUT2D eigenvalue weighted by Gasteiger charge is 2.02. The third-order valence-corrected chi connectivity index (χ3v) is 1.40. The Bertz CT molecular complexity index is 208. The van der Waals surface area contributed by atoms with Gasteiger partial charge < -0.3 is 25.4 Å². The Morgan fingerprint density at radius 3 is 2.40 bits per heavy atom. The molecule has 0 spiro atoms. The topological polar surface area (TPSA) is 90.9 Å². The zero-order valence-corrected chi connectivity index (χ0v) is 8.95. The van der Waals surface area contributed by atoms with Gasteiger partial charge >= 0.3 is 12.1 Å². The Morgan fingerprint density at radius 2 is 1.87 bits per heavy atom. The highest BCUT2D eigenvalue weighted by Crippen LogP contribution is 1.77. The van der Waals surface area contributed by atoms with Gasteiger partial charge in [-0.15, -0.1) is 0 Å². The summed E-state index contributed by atoms with van der Waals surface area (Å²) in [7, 11) is 3.25. The number of urea groups is 1. The number of hydrogen-bond donors (Lipinski definition) is 3. The molecule has 0 aromatic rings. The van der Waals surface area contributed by atoms with Crippen molar-refractivity contribution in [1.29, 1.82) is 0 Å². The number of rotatable bonds is 5. The molecule has 88 valence electrons. The summed E-state index contributed by atoms with van der Waals surface area (Å²) in [5.41, 5.74) is 0. The number of aliphatic hydroxyl groups excluding tert-OH is 1. The van der Waals surface area contributed by atoms with Gasteiger partial charge in [0.05, 0.1) is 6.61 Å².